The Kier molecular flexibility index (Phi) is 14.8. The smallest absolute Gasteiger partial charge is 0.400 e. The minimum absolute atomic E-state index is 0.0194. The van der Waals surface area contributed by atoms with Crippen LogP contribution in [-0.4, -0.2) is 36.1 Å². The van der Waals surface area contributed by atoms with Gasteiger partial charge in [-0.15, -0.1) is 26.3 Å². The van der Waals surface area contributed by atoms with Gasteiger partial charge in [0, 0.05) is 20.2 Å². The number of carbonyl (C=O) groups excluding carboxylic acids is 1. The van der Waals surface area contributed by atoms with Gasteiger partial charge in [0.2, 0.25) is 0 Å². The molecule has 0 aromatic heterocycles. The molecule has 9 heteroatoms. The van der Waals surface area contributed by atoms with Crippen molar-refractivity contribution >= 4 is 15.1 Å². The van der Waals surface area contributed by atoms with Gasteiger partial charge in [-0.2, -0.15) is 13.2 Å². The van der Waals surface area contributed by atoms with Crippen LogP contribution < -0.4 is 0 Å². The van der Waals surface area contributed by atoms with Gasteiger partial charge in [0.1, 0.15) is 11.2 Å². The molecule has 1 saturated heterocycles. The Labute approximate surface area is 251 Å². The van der Waals surface area contributed by atoms with E-state index in [9.17, 15) is 26.7 Å². The van der Waals surface area contributed by atoms with Crippen LogP contribution in [0.15, 0.2) is 62.7 Å². The third-order valence-electron chi connectivity index (χ3n) is 7.44. The molecule has 1 amide bonds. The number of hydrogen-bond donors (Lipinski definition) is 1. The molecule has 1 fully saturated rings. The highest BCUT2D eigenvalue weighted by Crippen LogP contribution is 2.44. The highest BCUT2D eigenvalue weighted by molar-refractivity contribution is 7.18. The van der Waals surface area contributed by atoms with Crippen molar-refractivity contribution < 1.29 is 31.9 Å². The predicted octanol–water partition coefficient (Wildman–Crippen LogP) is 9.20. The zero-order valence-corrected chi connectivity index (χ0v) is 27.1. The average Bonchev–Trinajstić information content (AvgIpc) is 2.94. The molecule has 0 bridgehead atoms. The summed E-state index contributed by atoms with van der Waals surface area (Å²) in [7, 11) is 2.96. The fraction of sp³-hybridized carbons (Fsp3) is 0.485. The van der Waals surface area contributed by atoms with Gasteiger partial charge in [-0.3, -0.25) is 4.79 Å². The molecule has 0 aliphatic carbocycles. The summed E-state index contributed by atoms with van der Waals surface area (Å²) in [6.45, 7) is 23.6. The summed E-state index contributed by atoms with van der Waals surface area (Å²) in [6.07, 6.45) is -3.52. The number of benzene rings is 2. The van der Waals surface area contributed by atoms with Crippen molar-refractivity contribution in [1.29, 1.82) is 0 Å². The Bertz CT molecular complexity index is 1120. The van der Waals surface area contributed by atoms with E-state index in [2.05, 4.69) is 26.3 Å². The van der Waals surface area contributed by atoms with Crippen LogP contribution >= 0.6 is 9.24 Å². The number of hydrogen-bond acceptors (Lipinski definition) is 2. The monoisotopic (exact) mass is 615 g/mol. The SMILES string of the molecule is C=C.C=C.CC(C)(C)c1ccc(C(=O)N2CCC(C(C)(C)c3cc(C(F)(F)F)cc(C(C)(F)P)c3)CC2)c(F)c1.CO. The first-order valence-electron chi connectivity index (χ1n) is 13.6. The highest BCUT2D eigenvalue weighted by Gasteiger charge is 2.39. The van der Waals surface area contributed by atoms with Crippen molar-refractivity contribution in [2.24, 2.45) is 5.92 Å². The fourth-order valence-electron chi connectivity index (χ4n) is 4.81. The lowest BCUT2D eigenvalue weighted by Crippen LogP contribution is -2.43. The summed E-state index contributed by atoms with van der Waals surface area (Å²) in [5, 5.41) is 4.99. The van der Waals surface area contributed by atoms with E-state index in [1.54, 1.807) is 11.0 Å². The maximum Gasteiger partial charge on any atom is 0.416 e. The number of likely N-dealkylation sites (tertiary alicyclic amines) is 1. The molecule has 42 heavy (non-hydrogen) atoms. The molecular weight excluding hydrogens is 568 g/mol. The van der Waals surface area contributed by atoms with E-state index in [0.717, 1.165) is 24.8 Å². The van der Waals surface area contributed by atoms with Crippen LogP contribution in [0, 0.1) is 11.7 Å². The molecule has 1 aliphatic rings. The molecule has 2 unspecified atom stereocenters. The average molecular weight is 616 g/mol. The van der Waals surface area contributed by atoms with Gasteiger partial charge in [0.25, 0.3) is 5.91 Å². The first-order valence-corrected chi connectivity index (χ1v) is 14.1. The number of aliphatic hydroxyl groups is 1. The molecule has 1 N–H and O–H groups in total. The van der Waals surface area contributed by atoms with Gasteiger partial charge >= 0.3 is 6.18 Å². The Morgan fingerprint density at radius 2 is 1.26 bits per heavy atom. The summed E-state index contributed by atoms with van der Waals surface area (Å²) < 4.78 is 70.2. The molecule has 3 nitrogen and oxygen atoms in total. The lowest BCUT2D eigenvalue weighted by molar-refractivity contribution is -0.137. The summed E-state index contributed by atoms with van der Waals surface area (Å²) in [6, 6.07) is 8.15. The molecular formula is C33H47F5NO2P. The number of carbonyl (C=O) groups is 1. The van der Waals surface area contributed by atoms with Crippen molar-refractivity contribution in [3.63, 3.8) is 0 Å². The summed E-state index contributed by atoms with van der Waals surface area (Å²) in [5.74, 6) is -0.985. The topological polar surface area (TPSA) is 40.5 Å². The number of amides is 1. The van der Waals surface area contributed by atoms with Crippen LogP contribution in [0.5, 0.6) is 0 Å². The molecule has 2 atom stereocenters. The zero-order chi connectivity index (χ0) is 33.3. The van der Waals surface area contributed by atoms with Gasteiger partial charge in [-0.05, 0) is 77.5 Å². The Hall–Kier alpha value is -2.57. The second-order valence-corrected chi connectivity index (χ2v) is 12.7. The van der Waals surface area contributed by atoms with Crippen LogP contribution in [0.3, 0.4) is 0 Å². The fourth-order valence-corrected chi connectivity index (χ4v) is 4.98. The first-order chi connectivity index (χ1) is 19.3. The van der Waals surface area contributed by atoms with E-state index in [1.807, 2.05) is 43.9 Å². The molecule has 236 valence electrons. The predicted molar refractivity (Wildman–Crippen MR) is 167 cm³/mol. The van der Waals surface area contributed by atoms with Gasteiger partial charge in [-0.1, -0.05) is 56.0 Å². The molecule has 0 radical (unpaired) electrons. The maximum atomic E-state index is 14.8. The molecule has 3 rings (SSSR count). The summed E-state index contributed by atoms with van der Waals surface area (Å²) in [5.41, 5.74) is -0.638. The van der Waals surface area contributed by atoms with Crippen LogP contribution in [-0.2, 0) is 22.4 Å². The lowest BCUT2D eigenvalue weighted by Gasteiger charge is -2.41. The number of nitrogens with zero attached hydrogens (tertiary/aromatic N) is 1. The van der Waals surface area contributed by atoms with Crippen molar-refractivity contribution in [3.05, 3.63) is 96.3 Å². The van der Waals surface area contributed by atoms with Crippen LogP contribution in [0.4, 0.5) is 22.0 Å². The molecule has 1 heterocycles. The van der Waals surface area contributed by atoms with Gasteiger partial charge in [-0.25, -0.2) is 8.78 Å². The number of aliphatic hydroxyl groups excluding tert-OH is 1. The van der Waals surface area contributed by atoms with E-state index in [0.29, 0.717) is 31.5 Å². The summed E-state index contributed by atoms with van der Waals surface area (Å²) in [4.78, 5) is 14.6. The third kappa shape index (κ3) is 10.0. The Morgan fingerprint density at radius 1 is 0.810 bits per heavy atom. The number of halogens is 5. The standard InChI is InChI=1S/C28H35F5NOP.2C2H4.CH4O/c1-25(2,3)18-7-8-22(23(29)16-18)24(35)34-11-9-17(10-12-34)26(4,5)19-13-20(27(6,30)36)15-21(14-19)28(31,32)33;3*1-2/h7-8,13-17H,9-12,36H2,1-6H3;2*1-2H2;2H,1H3. The van der Waals surface area contributed by atoms with Gasteiger partial charge in [0.05, 0.1) is 11.1 Å². The van der Waals surface area contributed by atoms with Crippen molar-refractivity contribution in [2.45, 2.75) is 76.8 Å². The first kappa shape index (κ1) is 39.4. The third-order valence-corrected chi connectivity index (χ3v) is 7.77. The van der Waals surface area contributed by atoms with E-state index in [-0.39, 0.29) is 28.4 Å². The molecule has 2 aromatic carbocycles. The number of rotatable bonds is 4. The molecule has 0 saturated carbocycles. The number of alkyl halides is 4. The second-order valence-electron chi connectivity index (χ2n) is 11.6. The van der Waals surface area contributed by atoms with E-state index >= 15 is 0 Å². The van der Waals surface area contributed by atoms with Gasteiger partial charge in [0.15, 0.2) is 0 Å². The minimum Gasteiger partial charge on any atom is -0.400 e. The largest absolute Gasteiger partial charge is 0.416 e. The van der Waals surface area contributed by atoms with Crippen molar-refractivity contribution in [2.75, 3.05) is 20.2 Å². The molecule has 2 aromatic rings. The second kappa shape index (κ2) is 15.8. The maximum absolute atomic E-state index is 14.8. The van der Waals surface area contributed by atoms with E-state index < -0.39 is 28.4 Å². The van der Waals surface area contributed by atoms with E-state index in [1.165, 1.54) is 25.1 Å². The Morgan fingerprint density at radius 3 is 1.67 bits per heavy atom. The van der Waals surface area contributed by atoms with Gasteiger partial charge < -0.3 is 10.0 Å². The Balaban J connectivity index is 0.00000263. The van der Waals surface area contributed by atoms with Crippen LogP contribution in [0.25, 0.3) is 0 Å². The van der Waals surface area contributed by atoms with E-state index in [4.69, 9.17) is 5.11 Å². The van der Waals surface area contributed by atoms with Crippen molar-refractivity contribution in [1.82, 2.24) is 4.90 Å². The van der Waals surface area contributed by atoms with Crippen LogP contribution in [0.2, 0.25) is 0 Å². The highest BCUT2D eigenvalue weighted by atomic mass is 31.0. The lowest BCUT2D eigenvalue weighted by atomic mass is 9.68. The molecule has 0 spiro atoms. The quantitative estimate of drug-likeness (QED) is 0.212. The summed E-state index contributed by atoms with van der Waals surface area (Å²) >= 11 is 0. The minimum atomic E-state index is -4.60. The normalized spacial score (nSPS) is 15.5. The van der Waals surface area contributed by atoms with Crippen molar-refractivity contribution in [3.8, 4) is 0 Å². The van der Waals surface area contributed by atoms with Crippen LogP contribution in [0.1, 0.15) is 87.0 Å². The zero-order valence-electron chi connectivity index (χ0n) is 26.0. The molecule has 1 aliphatic heterocycles. The number of piperidine rings is 1.